The summed E-state index contributed by atoms with van der Waals surface area (Å²) in [7, 11) is 0. The lowest BCUT2D eigenvalue weighted by atomic mass is 10.4. The summed E-state index contributed by atoms with van der Waals surface area (Å²) < 4.78 is 0. The second-order valence-electron chi connectivity index (χ2n) is 3.65. The molecule has 0 amide bonds. The second-order valence-corrected chi connectivity index (χ2v) is 4.87. The van der Waals surface area contributed by atoms with Gasteiger partial charge in [0.05, 0.1) is 0 Å². The largest absolute Gasteiger partial charge is 0.364 e. The van der Waals surface area contributed by atoms with Crippen molar-refractivity contribution in [3.05, 3.63) is 22.7 Å². The van der Waals surface area contributed by atoms with Gasteiger partial charge in [0.2, 0.25) is 0 Å². The summed E-state index contributed by atoms with van der Waals surface area (Å²) in [5.41, 5.74) is -0.156. The maximum absolute atomic E-state index is 11.3. The molecule has 16 heavy (non-hydrogen) atoms. The molecule has 2 heterocycles. The van der Waals surface area contributed by atoms with Gasteiger partial charge in [-0.25, -0.2) is 4.98 Å². The van der Waals surface area contributed by atoms with Crippen LogP contribution in [-0.4, -0.2) is 52.6 Å². The van der Waals surface area contributed by atoms with E-state index in [9.17, 15) is 4.79 Å². The van der Waals surface area contributed by atoms with E-state index in [1.165, 1.54) is 17.7 Å². The van der Waals surface area contributed by atoms with Crippen molar-refractivity contribution in [3.8, 4) is 0 Å². The Bertz CT molecular complexity index is 375. The van der Waals surface area contributed by atoms with E-state index in [0.717, 1.165) is 26.2 Å². The van der Waals surface area contributed by atoms with Crippen LogP contribution in [-0.2, 0) is 0 Å². The predicted octanol–water partition coefficient (Wildman–Crippen LogP) is 0.231. The Kier molecular flexibility index (Phi) is 4.24. The minimum Gasteiger partial charge on any atom is -0.364 e. The van der Waals surface area contributed by atoms with Crippen LogP contribution >= 0.6 is 11.8 Å². The van der Waals surface area contributed by atoms with Crippen LogP contribution < -0.4 is 10.9 Å². The Hall–Kier alpha value is -1.01. The van der Waals surface area contributed by atoms with E-state index in [1.807, 2.05) is 11.8 Å². The lowest BCUT2D eigenvalue weighted by Gasteiger charge is -2.25. The zero-order valence-corrected chi connectivity index (χ0v) is 9.92. The highest BCUT2D eigenvalue weighted by molar-refractivity contribution is 7.99. The van der Waals surface area contributed by atoms with Crippen molar-refractivity contribution < 1.29 is 0 Å². The van der Waals surface area contributed by atoms with E-state index in [1.54, 1.807) is 6.20 Å². The van der Waals surface area contributed by atoms with Gasteiger partial charge in [0.15, 0.2) is 5.82 Å². The average Bonchev–Trinajstić information content (AvgIpc) is 2.33. The smallest absolute Gasteiger partial charge is 0.290 e. The summed E-state index contributed by atoms with van der Waals surface area (Å²) in [6.07, 6.45) is 3.12. The Morgan fingerprint density at radius 1 is 1.50 bits per heavy atom. The minimum atomic E-state index is -0.156. The van der Waals surface area contributed by atoms with E-state index in [4.69, 9.17) is 0 Å². The molecule has 0 aliphatic carbocycles. The van der Waals surface area contributed by atoms with Gasteiger partial charge in [0.1, 0.15) is 0 Å². The van der Waals surface area contributed by atoms with E-state index < -0.39 is 0 Å². The van der Waals surface area contributed by atoms with Crippen LogP contribution in [0.2, 0.25) is 0 Å². The highest BCUT2D eigenvalue weighted by atomic mass is 32.2. The summed E-state index contributed by atoms with van der Waals surface area (Å²) in [5.74, 6) is 2.84. The molecule has 6 heteroatoms. The van der Waals surface area contributed by atoms with Gasteiger partial charge < -0.3 is 10.3 Å². The van der Waals surface area contributed by atoms with E-state index in [2.05, 4.69) is 20.2 Å². The molecule has 0 spiro atoms. The highest BCUT2D eigenvalue weighted by Crippen LogP contribution is 2.08. The second kappa shape index (κ2) is 5.91. The molecule has 0 unspecified atom stereocenters. The SMILES string of the molecule is O=c1[nH]ccnc1NCCN1CCSCC1. The van der Waals surface area contributed by atoms with Gasteiger partial charge in [-0.05, 0) is 0 Å². The fourth-order valence-corrected chi connectivity index (χ4v) is 2.61. The maximum Gasteiger partial charge on any atom is 0.290 e. The number of hydrogen-bond donors (Lipinski definition) is 2. The summed E-state index contributed by atoms with van der Waals surface area (Å²) in [6, 6.07) is 0. The minimum absolute atomic E-state index is 0.156. The molecule has 0 radical (unpaired) electrons. The fraction of sp³-hybridized carbons (Fsp3) is 0.600. The maximum atomic E-state index is 11.3. The monoisotopic (exact) mass is 240 g/mol. The van der Waals surface area contributed by atoms with Gasteiger partial charge in [-0.2, -0.15) is 11.8 Å². The first-order valence-corrected chi connectivity index (χ1v) is 6.59. The molecular formula is C10H16N4OS. The summed E-state index contributed by atoms with van der Waals surface area (Å²) in [4.78, 5) is 20.3. The summed E-state index contributed by atoms with van der Waals surface area (Å²) in [5, 5.41) is 3.06. The number of H-pyrrole nitrogens is 1. The Morgan fingerprint density at radius 3 is 3.06 bits per heavy atom. The van der Waals surface area contributed by atoms with Crippen LogP contribution in [0.25, 0.3) is 0 Å². The summed E-state index contributed by atoms with van der Waals surface area (Å²) in [6.45, 7) is 4.02. The van der Waals surface area contributed by atoms with Crippen molar-refractivity contribution in [2.24, 2.45) is 0 Å². The van der Waals surface area contributed by atoms with Crippen LogP contribution in [0.3, 0.4) is 0 Å². The van der Waals surface area contributed by atoms with Crippen molar-refractivity contribution in [2.45, 2.75) is 0 Å². The first kappa shape index (κ1) is 11.5. The zero-order valence-electron chi connectivity index (χ0n) is 9.11. The standard InChI is InChI=1S/C10H16N4OS/c15-10-9(11-1-2-13-10)12-3-4-14-5-7-16-8-6-14/h1-2H,3-8H2,(H,11,12)(H,13,15). The first-order chi connectivity index (χ1) is 7.86. The molecule has 1 saturated heterocycles. The molecule has 0 aromatic carbocycles. The number of thioether (sulfide) groups is 1. The van der Waals surface area contributed by atoms with Gasteiger partial charge in [-0.3, -0.25) is 9.69 Å². The van der Waals surface area contributed by atoms with Crippen molar-refractivity contribution in [1.29, 1.82) is 0 Å². The van der Waals surface area contributed by atoms with Gasteiger partial charge >= 0.3 is 0 Å². The molecule has 0 bridgehead atoms. The highest BCUT2D eigenvalue weighted by Gasteiger charge is 2.09. The number of hydrogen-bond acceptors (Lipinski definition) is 5. The molecule has 1 aromatic rings. The number of aromatic nitrogens is 2. The number of nitrogens with one attached hydrogen (secondary N) is 2. The molecule has 0 atom stereocenters. The van der Waals surface area contributed by atoms with Crippen LogP contribution in [0.15, 0.2) is 17.2 Å². The van der Waals surface area contributed by atoms with Crippen LogP contribution in [0.1, 0.15) is 0 Å². The molecule has 5 nitrogen and oxygen atoms in total. The lowest BCUT2D eigenvalue weighted by molar-refractivity contribution is 0.314. The molecule has 2 rings (SSSR count). The van der Waals surface area contributed by atoms with E-state index >= 15 is 0 Å². The third-order valence-corrected chi connectivity index (χ3v) is 3.47. The molecule has 1 aliphatic rings. The number of rotatable bonds is 4. The number of anilines is 1. The quantitative estimate of drug-likeness (QED) is 0.789. The summed E-state index contributed by atoms with van der Waals surface area (Å²) >= 11 is 2.00. The van der Waals surface area contributed by atoms with Gasteiger partial charge in [0, 0.05) is 50.1 Å². The fourth-order valence-electron chi connectivity index (χ4n) is 1.63. The third kappa shape index (κ3) is 3.24. The molecule has 1 aromatic heterocycles. The molecule has 0 saturated carbocycles. The van der Waals surface area contributed by atoms with Crippen LogP contribution in [0.5, 0.6) is 0 Å². The normalized spacial score (nSPS) is 17.2. The van der Waals surface area contributed by atoms with Crippen LogP contribution in [0.4, 0.5) is 5.82 Å². The Balaban J connectivity index is 1.75. The van der Waals surface area contributed by atoms with Gasteiger partial charge in [-0.1, -0.05) is 0 Å². The number of nitrogens with zero attached hydrogens (tertiary/aromatic N) is 2. The van der Waals surface area contributed by atoms with E-state index in [0.29, 0.717) is 5.82 Å². The molecule has 1 fully saturated rings. The topological polar surface area (TPSA) is 61.0 Å². The third-order valence-electron chi connectivity index (χ3n) is 2.53. The van der Waals surface area contributed by atoms with Crippen molar-refractivity contribution in [2.75, 3.05) is 43.0 Å². The van der Waals surface area contributed by atoms with Crippen molar-refractivity contribution in [3.63, 3.8) is 0 Å². The van der Waals surface area contributed by atoms with Crippen molar-refractivity contribution >= 4 is 17.6 Å². The predicted molar refractivity (Wildman–Crippen MR) is 67.1 cm³/mol. The Labute approximate surface area is 98.6 Å². The van der Waals surface area contributed by atoms with Gasteiger partial charge in [0.25, 0.3) is 5.56 Å². The Morgan fingerprint density at radius 2 is 2.31 bits per heavy atom. The van der Waals surface area contributed by atoms with Crippen molar-refractivity contribution in [1.82, 2.24) is 14.9 Å². The zero-order chi connectivity index (χ0) is 11.2. The first-order valence-electron chi connectivity index (χ1n) is 5.44. The lowest BCUT2D eigenvalue weighted by Crippen LogP contribution is -2.36. The molecule has 88 valence electrons. The van der Waals surface area contributed by atoms with Gasteiger partial charge in [-0.15, -0.1) is 0 Å². The molecule has 1 aliphatic heterocycles. The van der Waals surface area contributed by atoms with Crippen LogP contribution in [0, 0.1) is 0 Å². The number of aromatic amines is 1. The van der Waals surface area contributed by atoms with E-state index in [-0.39, 0.29) is 5.56 Å². The molecule has 2 N–H and O–H groups in total. The molecular weight excluding hydrogens is 224 g/mol. The average molecular weight is 240 g/mol.